The molecule has 0 unspecified atom stereocenters. The second-order valence-electron chi connectivity index (χ2n) is 10.5. The number of nitrogen functional groups attached to an aromatic ring is 1. The van der Waals surface area contributed by atoms with Crippen molar-refractivity contribution in [3.8, 4) is 22.9 Å². The van der Waals surface area contributed by atoms with Crippen molar-refractivity contribution < 1.29 is 22.7 Å². The first kappa shape index (κ1) is 31.4. The van der Waals surface area contributed by atoms with Gasteiger partial charge in [-0.3, -0.25) is 9.59 Å². The number of aromatic nitrogens is 4. The molecule has 5 N–H and O–H groups in total. The third-order valence-corrected chi connectivity index (χ3v) is 6.56. The molecule has 4 aromatic rings. The van der Waals surface area contributed by atoms with Crippen LogP contribution in [0.5, 0.6) is 11.6 Å². The van der Waals surface area contributed by atoms with Gasteiger partial charge >= 0.3 is 6.18 Å². The van der Waals surface area contributed by atoms with Crippen LogP contribution in [0.1, 0.15) is 50.7 Å². The van der Waals surface area contributed by atoms with Crippen molar-refractivity contribution in [3.63, 3.8) is 0 Å². The number of anilines is 1. The molecule has 2 aromatic heterocycles. The van der Waals surface area contributed by atoms with E-state index in [1.54, 1.807) is 18.2 Å². The monoisotopic (exact) mass is 597 g/mol. The van der Waals surface area contributed by atoms with Gasteiger partial charge in [-0.1, -0.05) is 32.4 Å². The van der Waals surface area contributed by atoms with E-state index in [4.69, 9.17) is 10.5 Å². The molecule has 4 rings (SSSR count). The summed E-state index contributed by atoms with van der Waals surface area (Å²) in [5.74, 6) is 0.429. The number of H-pyrrole nitrogens is 1. The average Bonchev–Trinajstić information content (AvgIpc) is 2.96. The lowest BCUT2D eigenvalue weighted by Gasteiger charge is -2.15. The van der Waals surface area contributed by atoms with Crippen LogP contribution in [0, 0.1) is 5.92 Å². The fourth-order valence-electron chi connectivity index (χ4n) is 4.39. The van der Waals surface area contributed by atoms with Crippen molar-refractivity contribution in [2.24, 2.45) is 5.92 Å². The number of ether oxygens (including phenoxy) is 1. The Hall–Kier alpha value is -4.52. The number of hydrogen-bond donors (Lipinski definition) is 4. The Labute approximate surface area is 246 Å². The van der Waals surface area contributed by atoms with E-state index < -0.39 is 17.3 Å². The number of carbonyl (C=O) groups excluding carboxylic acids is 1. The van der Waals surface area contributed by atoms with Crippen molar-refractivity contribution in [3.05, 3.63) is 70.3 Å². The molecule has 2 heterocycles. The maximum absolute atomic E-state index is 13.6. The summed E-state index contributed by atoms with van der Waals surface area (Å²) in [6.07, 6.45) is -0.582. The number of hydrogen-bond acceptors (Lipinski definition) is 8. The van der Waals surface area contributed by atoms with Crippen molar-refractivity contribution >= 4 is 22.8 Å². The fraction of sp³-hybridized carbons (Fsp3) is 0.367. The molecule has 228 valence electrons. The first-order valence-electron chi connectivity index (χ1n) is 14.0. The number of nitrogens with zero attached hydrogens (tertiary/aromatic N) is 3. The SMILES string of the molecule is CC(C)CNCCCCCC(=O)NCc1cc(C(F)(F)F)ccc1-c1cc(Oc2cccc3[nH]c(=O)c(N)nc23)ncn1. The van der Waals surface area contributed by atoms with Crippen LogP contribution in [-0.2, 0) is 17.5 Å². The van der Waals surface area contributed by atoms with Gasteiger partial charge in [-0.2, -0.15) is 13.2 Å². The van der Waals surface area contributed by atoms with Crippen molar-refractivity contribution in [1.82, 2.24) is 30.6 Å². The number of rotatable bonds is 13. The lowest BCUT2D eigenvalue weighted by atomic mass is 10.0. The zero-order valence-electron chi connectivity index (χ0n) is 23.9. The highest BCUT2D eigenvalue weighted by Crippen LogP contribution is 2.34. The smallest absolute Gasteiger partial charge is 0.416 e. The van der Waals surface area contributed by atoms with Gasteiger partial charge in [0.1, 0.15) is 11.8 Å². The minimum atomic E-state index is -4.56. The lowest BCUT2D eigenvalue weighted by Crippen LogP contribution is -2.23. The second kappa shape index (κ2) is 14.1. The molecule has 0 aliphatic heterocycles. The minimum Gasteiger partial charge on any atom is -0.437 e. The molecule has 0 fully saturated rings. The number of amides is 1. The predicted molar refractivity (Wildman–Crippen MR) is 157 cm³/mol. The van der Waals surface area contributed by atoms with E-state index in [1.165, 1.54) is 18.5 Å². The number of nitrogens with one attached hydrogen (secondary N) is 3. The van der Waals surface area contributed by atoms with Crippen molar-refractivity contribution in [2.75, 3.05) is 18.8 Å². The Morgan fingerprint density at radius 1 is 1.09 bits per heavy atom. The molecule has 1 amide bonds. The summed E-state index contributed by atoms with van der Waals surface area (Å²) in [5.41, 5.74) is 5.89. The van der Waals surface area contributed by atoms with Gasteiger partial charge in [0.2, 0.25) is 11.8 Å². The van der Waals surface area contributed by atoms with Crippen LogP contribution < -0.4 is 26.7 Å². The van der Waals surface area contributed by atoms with Gasteiger partial charge in [-0.25, -0.2) is 15.0 Å². The van der Waals surface area contributed by atoms with E-state index in [0.717, 1.165) is 38.1 Å². The molecule has 10 nitrogen and oxygen atoms in total. The summed E-state index contributed by atoms with van der Waals surface area (Å²) in [5, 5.41) is 6.10. The minimum absolute atomic E-state index is 0.0850. The summed E-state index contributed by atoms with van der Waals surface area (Å²) >= 11 is 0. The molecule has 0 saturated carbocycles. The molecular formula is C30H34F3N7O3. The van der Waals surface area contributed by atoms with Crippen LogP contribution >= 0.6 is 0 Å². The number of alkyl halides is 3. The third-order valence-electron chi connectivity index (χ3n) is 6.56. The Balaban J connectivity index is 1.49. The van der Waals surface area contributed by atoms with Gasteiger partial charge in [0.15, 0.2) is 11.6 Å². The van der Waals surface area contributed by atoms with Crippen LogP contribution in [0.3, 0.4) is 0 Å². The maximum Gasteiger partial charge on any atom is 0.416 e. The van der Waals surface area contributed by atoms with Crippen LogP contribution in [-0.4, -0.2) is 38.9 Å². The highest BCUT2D eigenvalue weighted by atomic mass is 19.4. The highest BCUT2D eigenvalue weighted by molar-refractivity contribution is 5.82. The molecule has 0 bridgehead atoms. The summed E-state index contributed by atoms with van der Waals surface area (Å²) < 4.78 is 46.6. The van der Waals surface area contributed by atoms with Crippen LogP contribution in [0.4, 0.5) is 19.0 Å². The number of fused-ring (bicyclic) bond motifs is 1. The third kappa shape index (κ3) is 8.74. The normalized spacial score (nSPS) is 11.7. The topological polar surface area (TPSA) is 148 Å². The first-order valence-corrected chi connectivity index (χ1v) is 14.0. The Morgan fingerprint density at radius 3 is 2.67 bits per heavy atom. The molecule has 43 heavy (non-hydrogen) atoms. The molecule has 0 spiro atoms. The van der Waals surface area contributed by atoms with E-state index in [9.17, 15) is 22.8 Å². The van der Waals surface area contributed by atoms with Crippen molar-refractivity contribution in [1.29, 1.82) is 0 Å². The molecule has 0 atom stereocenters. The highest BCUT2D eigenvalue weighted by Gasteiger charge is 2.31. The van der Waals surface area contributed by atoms with Crippen LogP contribution in [0.15, 0.2) is 53.6 Å². The van der Waals surface area contributed by atoms with E-state index in [0.29, 0.717) is 28.9 Å². The lowest BCUT2D eigenvalue weighted by molar-refractivity contribution is -0.137. The van der Waals surface area contributed by atoms with Crippen LogP contribution in [0.2, 0.25) is 0 Å². The zero-order chi connectivity index (χ0) is 31.0. The van der Waals surface area contributed by atoms with Gasteiger partial charge in [-0.05, 0) is 61.7 Å². The number of para-hydroxylation sites is 1. The van der Waals surface area contributed by atoms with E-state index in [1.807, 2.05) is 0 Å². The molecule has 2 aromatic carbocycles. The summed E-state index contributed by atoms with van der Waals surface area (Å²) in [7, 11) is 0. The largest absolute Gasteiger partial charge is 0.437 e. The Morgan fingerprint density at radius 2 is 1.91 bits per heavy atom. The second-order valence-corrected chi connectivity index (χ2v) is 10.5. The zero-order valence-corrected chi connectivity index (χ0v) is 23.9. The summed E-state index contributed by atoms with van der Waals surface area (Å²) in [6, 6.07) is 9.64. The Bertz CT molecular complexity index is 1620. The van der Waals surface area contributed by atoms with Gasteiger partial charge in [0, 0.05) is 24.6 Å². The number of benzene rings is 2. The van der Waals surface area contributed by atoms with Gasteiger partial charge in [-0.15, -0.1) is 0 Å². The predicted octanol–water partition coefficient (Wildman–Crippen LogP) is 5.20. The van der Waals surface area contributed by atoms with Crippen LogP contribution in [0.25, 0.3) is 22.3 Å². The van der Waals surface area contributed by atoms with Gasteiger partial charge in [0.25, 0.3) is 5.56 Å². The van der Waals surface area contributed by atoms with Gasteiger partial charge in [0.05, 0.1) is 16.8 Å². The molecular weight excluding hydrogens is 563 g/mol. The quantitative estimate of drug-likeness (QED) is 0.154. The summed E-state index contributed by atoms with van der Waals surface area (Å²) in [4.78, 5) is 39.4. The first-order chi connectivity index (χ1) is 20.5. The Kier molecular flexibility index (Phi) is 10.3. The number of nitrogens with two attached hydrogens (primary N) is 1. The fourth-order valence-corrected chi connectivity index (χ4v) is 4.39. The number of carbonyl (C=O) groups is 1. The molecule has 0 radical (unpaired) electrons. The van der Waals surface area contributed by atoms with E-state index in [2.05, 4.69) is 44.4 Å². The van der Waals surface area contributed by atoms with Crippen molar-refractivity contribution in [2.45, 2.75) is 52.3 Å². The number of unbranched alkanes of at least 4 members (excludes halogenated alkanes) is 2. The standard InChI is InChI=1S/C30H34F3N7O3/c1-18(2)15-35-12-5-3-4-9-25(41)36-16-19-13-20(30(31,32)33)10-11-21(19)23-14-26(38-17-37-23)43-24-8-6-7-22-27(24)40-28(34)29(42)39-22/h6-8,10-11,13-14,17-18,35H,3-5,9,12,15-16H2,1-2H3,(H2,34,40)(H,36,41)(H,39,42). The number of aromatic amines is 1. The average molecular weight is 598 g/mol. The molecule has 0 saturated heterocycles. The maximum atomic E-state index is 13.6. The van der Waals surface area contributed by atoms with Gasteiger partial charge < -0.3 is 26.1 Å². The molecule has 13 heteroatoms. The molecule has 0 aliphatic carbocycles. The van der Waals surface area contributed by atoms with E-state index in [-0.39, 0.29) is 47.6 Å². The summed E-state index contributed by atoms with van der Waals surface area (Å²) in [6.45, 7) is 5.97. The van der Waals surface area contributed by atoms with E-state index >= 15 is 0 Å². The molecule has 0 aliphatic rings. The number of halogens is 3.